The maximum absolute atomic E-state index is 6.62. The summed E-state index contributed by atoms with van der Waals surface area (Å²) < 4.78 is 20.2. The van der Waals surface area contributed by atoms with E-state index in [9.17, 15) is 0 Å². The predicted octanol–water partition coefficient (Wildman–Crippen LogP) is 2.47. The van der Waals surface area contributed by atoms with Crippen molar-refractivity contribution in [3.8, 4) is 11.5 Å². The SMILES string of the molecule is COc1ccc2c3c1O[C@H]1C=C[C@H](O[Se]c4ccccc4)[C@H]4[C@@H](C2)N(C)CC[C@@]341. The van der Waals surface area contributed by atoms with Gasteiger partial charge >= 0.3 is 178 Å². The van der Waals surface area contributed by atoms with Crippen molar-refractivity contribution in [2.45, 2.75) is 36.5 Å². The van der Waals surface area contributed by atoms with Gasteiger partial charge in [-0.05, 0) is 0 Å². The fraction of sp³-hybridized carbons (Fsp3) is 0.417. The van der Waals surface area contributed by atoms with E-state index in [0.29, 0.717) is 12.0 Å². The van der Waals surface area contributed by atoms with Crippen LogP contribution in [0.5, 0.6) is 11.5 Å². The Kier molecular flexibility index (Phi) is 4.11. The Bertz CT molecular complexity index is 978. The van der Waals surface area contributed by atoms with Crippen LogP contribution in [0.3, 0.4) is 0 Å². The number of nitrogens with zero attached hydrogens (tertiary/aromatic N) is 1. The molecular formula is C24H25NO3Se. The zero-order valence-corrected chi connectivity index (χ0v) is 18.4. The van der Waals surface area contributed by atoms with E-state index in [-0.39, 0.29) is 32.9 Å². The molecule has 0 saturated carbocycles. The third-order valence-electron chi connectivity index (χ3n) is 7.36. The maximum atomic E-state index is 6.62. The number of piperidine rings is 1. The van der Waals surface area contributed by atoms with Crippen LogP contribution in [-0.4, -0.2) is 59.1 Å². The Morgan fingerprint density at radius 3 is 2.83 bits per heavy atom. The summed E-state index contributed by atoms with van der Waals surface area (Å²) in [5.41, 5.74) is 2.83. The van der Waals surface area contributed by atoms with Gasteiger partial charge in [-0.2, -0.15) is 0 Å². The van der Waals surface area contributed by atoms with Gasteiger partial charge in [0.2, 0.25) is 0 Å². The molecule has 0 amide bonds. The third kappa shape index (κ3) is 2.45. The van der Waals surface area contributed by atoms with Crippen molar-refractivity contribution in [2.75, 3.05) is 20.7 Å². The van der Waals surface area contributed by atoms with E-state index in [1.165, 1.54) is 15.6 Å². The van der Waals surface area contributed by atoms with Crippen LogP contribution in [0.4, 0.5) is 0 Å². The second-order valence-electron chi connectivity index (χ2n) is 8.58. The third-order valence-corrected chi connectivity index (χ3v) is 9.00. The van der Waals surface area contributed by atoms with Gasteiger partial charge in [0.15, 0.2) is 0 Å². The Labute approximate surface area is 178 Å². The molecule has 5 atom stereocenters. The number of methoxy groups -OCH3 is 1. The van der Waals surface area contributed by atoms with Crippen molar-refractivity contribution >= 4 is 19.7 Å². The Balaban J connectivity index is 1.44. The fourth-order valence-corrected chi connectivity index (χ4v) is 7.53. The molecule has 2 aromatic carbocycles. The van der Waals surface area contributed by atoms with Crippen LogP contribution in [0.2, 0.25) is 0 Å². The molecular weight excluding hydrogens is 429 g/mol. The van der Waals surface area contributed by atoms with Crippen LogP contribution in [0.1, 0.15) is 17.5 Å². The number of benzene rings is 2. The second kappa shape index (κ2) is 6.61. The van der Waals surface area contributed by atoms with Gasteiger partial charge in [0.1, 0.15) is 0 Å². The van der Waals surface area contributed by atoms with Gasteiger partial charge in [-0.3, -0.25) is 0 Å². The van der Waals surface area contributed by atoms with E-state index in [1.54, 1.807) is 7.11 Å². The van der Waals surface area contributed by atoms with E-state index >= 15 is 0 Å². The van der Waals surface area contributed by atoms with Crippen molar-refractivity contribution in [1.29, 1.82) is 0 Å². The van der Waals surface area contributed by atoms with Crippen LogP contribution < -0.4 is 13.9 Å². The molecule has 4 aliphatic rings. The molecule has 1 fully saturated rings. The second-order valence-corrected chi connectivity index (χ2v) is 10.3. The summed E-state index contributed by atoms with van der Waals surface area (Å²) in [7, 11) is 4.01. The number of hydrogen-bond acceptors (Lipinski definition) is 4. The minimum atomic E-state index is 0.000811. The quantitative estimate of drug-likeness (QED) is 0.525. The topological polar surface area (TPSA) is 30.9 Å². The van der Waals surface area contributed by atoms with Crippen molar-refractivity contribution < 1.29 is 13.3 Å². The standard InChI is InChI=1S/C24H25NO3Se/c1-25-13-12-24-20-11-10-18(28-29-16-6-4-3-5-7-16)22(24)17(25)14-15-8-9-19(26-2)23(27-20)21(15)24/h3-11,17-18,20,22H,12-14H2,1-2H3/t17-,18+,20+,22-,24-/m1/s1. The van der Waals surface area contributed by atoms with Crippen LogP contribution in [0, 0.1) is 5.92 Å². The molecule has 0 aromatic heterocycles. The average molecular weight is 454 g/mol. The zero-order valence-electron chi connectivity index (χ0n) is 16.7. The number of hydrogen-bond donors (Lipinski definition) is 0. The number of likely N-dealkylation sites (tertiary alicyclic amines) is 1. The van der Waals surface area contributed by atoms with Gasteiger partial charge in [-0.15, -0.1) is 0 Å². The van der Waals surface area contributed by atoms with Gasteiger partial charge in [-0.1, -0.05) is 0 Å². The van der Waals surface area contributed by atoms with E-state index in [1.807, 2.05) is 0 Å². The summed E-state index contributed by atoms with van der Waals surface area (Å²) in [6, 6.07) is 15.4. The van der Waals surface area contributed by atoms with Crippen LogP contribution in [0.15, 0.2) is 54.6 Å². The first-order chi connectivity index (χ1) is 14.2. The average Bonchev–Trinajstić information content (AvgIpc) is 3.09. The van der Waals surface area contributed by atoms with Crippen molar-refractivity contribution in [3.05, 3.63) is 65.7 Å². The molecule has 2 bridgehead atoms. The monoisotopic (exact) mass is 455 g/mol. The first kappa shape index (κ1) is 18.0. The van der Waals surface area contributed by atoms with Gasteiger partial charge in [0, 0.05) is 0 Å². The zero-order chi connectivity index (χ0) is 19.6. The molecule has 5 heteroatoms. The molecule has 4 nitrogen and oxygen atoms in total. The molecule has 0 N–H and O–H groups in total. The Morgan fingerprint density at radius 1 is 1.14 bits per heavy atom. The van der Waals surface area contributed by atoms with Crippen molar-refractivity contribution in [3.63, 3.8) is 0 Å². The molecule has 2 aromatic rings. The van der Waals surface area contributed by atoms with E-state index in [2.05, 4.69) is 66.6 Å². The summed E-state index contributed by atoms with van der Waals surface area (Å²) in [4.78, 5) is 2.54. The van der Waals surface area contributed by atoms with Crippen LogP contribution in [-0.2, 0) is 15.7 Å². The molecule has 2 aliphatic heterocycles. The minimum absolute atomic E-state index is 0.000811. The first-order valence-electron chi connectivity index (χ1n) is 10.4. The molecule has 0 radical (unpaired) electrons. The molecule has 6 rings (SSSR count). The van der Waals surface area contributed by atoms with Crippen LogP contribution in [0.25, 0.3) is 0 Å². The molecule has 2 aliphatic carbocycles. The number of ether oxygens (including phenoxy) is 2. The Morgan fingerprint density at radius 2 is 2.00 bits per heavy atom. The summed E-state index contributed by atoms with van der Waals surface area (Å²) >= 11 is 0.00353. The fourth-order valence-electron chi connectivity index (χ4n) is 6.11. The normalized spacial score (nSPS) is 33.9. The van der Waals surface area contributed by atoms with E-state index in [4.69, 9.17) is 13.3 Å². The van der Waals surface area contributed by atoms with Crippen molar-refractivity contribution in [1.82, 2.24) is 4.90 Å². The number of rotatable bonds is 4. The summed E-state index contributed by atoms with van der Waals surface area (Å²) in [5.74, 6) is 2.24. The molecule has 150 valence electrons. The van der Waals surface area contributed by atoms with Gasteiger partial charge in [-0.25, -0.2) is 0 Å². The van der Waals surface area contributed by atoms with Gasteiger partial charge in [0.05, 0.1) is 0 Å². The summed E-state index contributed by atoms with van der Waals surface area (Å²) in [6.45, 7) is 1.10. The molecule has 29 heavy (non-hydrogen) atoms. The van der Waals surface area contributed by atoms with E-state index in [0.717, 1.165) is 30.9 Å². The first-order valence-corrected chi connectivity index (χ1v) is 11.9. The Hall–Kier alpha value is -1.78. The van der Waals surface area contributed by atoms with Gasteiger partial charge < -0.3 is 0 Å². The van der Waals surface area contributed by atoms with Crippen molar-refractivity contribution in [2.24, 2.45) is 5.92 Å². The van der Waals surface area contributed by atoms with Crippen LogP contribution >= 0.6 is 0 Å². The number of likely N-dealkylation sites (N-methyl/N-ethyl adjacent to an activating group) is 1. The summed E-state index contributed by atoms with van der Waals surface area (Å²) in [5, 5.41) is 0. The molecule has 2 heterocycles. The van der Waals surface area contributed by atoms with Gasteiger partial charge in [0.25, 0.3) is 0 Å². The molecule has 1 spiro atoms. The molecule has 1 saturated heterocycles. The predicted molar refractivity (Wildman–Crippen MR) is 113 cm³/mol. The van der Waals surface area contributed by atoms with E-state index < -0.39 is 0 Å². The summed E-state index contributed by atoms with van der Waals surface area (Å²) in [6.07, 6.45) is 6.89. The molecule has 0 unspecified atom stereocenters.